The van der Waals surface area contributed by atoms with E-state index in [9.17, 15) is 9.18 Å². The van der Waals surface area contributed by atoms with E-state index in [-0.39, 0.29) is 11.4 Å². The molecule has 0 aliphatic rings. The van der Waals surface area contributed by atoms with Gasteiger partial charge >= 0.3 is 0 Å². The number of likely N-dealkylation sites (N-methyl/N-ethyl adjacent to an activating group) is 1. The quantitative estimate of drug-likeness (QED) is 0.583. The van der Waals surface area contributed by atoms with Crippen LogP contribution in [0, 0.1) is 19.7 Å². The van der Waals surface area contributed by atoms with E-state index in [0.29, 0.717) is 29.5 Å². The van der Waals surface area contributed by atoms with Crippen molar-refractivity contribution in [1.29, 1.82) is 0 Å². The first kappa shape index (κ1) is 21.9. The van der Waals surface area contributed by atoms with Gasteiger partial charge in [-0.1, -0.05) is 12.1 Å². The van der Waals surface area contributed by atoms with Gasteiger partial charge < -0.3 is 20.1 Å². The highest BCUT2D eigenvalue weighted by Crippen LogP contribution is 2.20. The van der Waals surface area contributed by atoms with Gasteiger partial charge in [-0.25, -0.2) is 4.39 Å². The molecule has 30 heavy (non-hydrogen) atoms. The number of aromatic amines is 1. The minimum Gasteiger partial charge on any atom is -0.343 e. The molecule has 0 saturated carbocycles. The number of nitrogens with zero attached hydrogens (tertiary/aromatic N) is 2. The summed E-state index contributed by atoms with van der Waals surface area (Å²) < 4.78 is 13.2. The predicted molar refractivity (Wildman–Crippen MR) is 126 cm³/mol. The number of hydrogen-bond acceptors (Lipinski definition) is 3. The number of halogens is 1. The zero-order valence-corrected chi connectivity index (χ0v) is 18.6. The number of thiocarbonyl (C=S) groups is 1. The highest BCUT2D eigenvalue weighted by molar-refractivity contribution is 7.80. The van der Waals surface area contributed by atoms with E-state index in [1.165, 1.54) is 12.1 Å². The lowest BCUT2D eigenvalue weighted by molar-refractivity contribution is 0.327. The van der Waals surface area contributed by atoms with Crippen LogP contribution in [0.1, 0.15) is 16.7 Å². The van der Waals surface area contributed by atoms with E-state index < -0.39 is 0 Å². The number of nitrogens with one attached hydrogen (secondary N) is 2. The van der Waals surface area contributed by atoms with Crippen molar-refractivity contribution in [3.63, 3.8) is 0 Å². The lowest BCUT2D eigenvalue weighted by Crippen LogP contribution is -2.40. The number of aryl methyl sites for hydroxylation is 2. The van der Waals surface area contributed by atoms with Crippen molar-refractivity contribution in [3.8, 4) is 0 Å². The second-order valence-corrected chi connectivity index (χ2v) is 8.16. The average molecular weight is 427 g/mol. The van der Waals surface area contributed by atoms with E-state index in [1.54, 1.807) is 12.1 Å². The number of aromatic nitrogens is 1. The first-order chi connectivity index (χ1) is 14.2. The third kappa shape index (κ3) is 5.23. The van der Waals surface area contributed by atoms with Gasteiger partial charge in [0, 0.05) is 29.7 Å². The third-order valence-corrected chi connectivity index (χ3v) is 5.44. The zero-order chi connectivity index (χ0) is 21.8. The smallest absolute Gasteiger partial charge is 0.253 e. The Morgan fingerprint density at radius 3 is 2.40 bits per heavy atom. The molecule has 0 aliphatic heterocycles. The van der Waals surface area contributed by atoms with Crippen LogP contribution in [-0.2, 0) is 6.54 Å². The van der Waals surface area contributed by atoms with Crippen molar-refractivity contribution in [2.45, 2.75) is 20.4 Å². The Morgan fingerprint density at radius 1 is 1.07 bits per heavy atom. The lowest BCUT2D eigenvalue weighted by atomic mass is 10.0. The molecule has 0 bridgehead atoms. The van der Waals surface area contributed by atoms with Gasteiger partial charge in [-0.3, -0.25) is 4.79 Å². The molecule has 0 amide bonds. The Balaban J connectivity index is 1.89. The molecule has 0 fully saturated rings. The molecule has 158 valence electrons. The molecule has 1 heterocycles. The summed E-state index contributed by atoms with van der Waals surface area (Å²) in [4.78, 5) is 19.8. The number of H-pyrrole nitrogens is 1. The molecule has 0 spiro atoms. The minimum absolute atomic E-state index is 0.115. The van der Waals surface area contributed by atoms with E-state index in [1.807, 2.05) is 45.0 Å². The molecule has 0 atom stereocenters. The molecule has 2 aromatic carbocycles. The summed E-state index contributed by atoms with van der Waals surface area (Å²) in [6.45, 7) is 5.82. The molecule has 0 radical (unpaired) electrons. The molecule has 3 aromatic rings. The van der Waals surface area contributed by atoms with Crippen LogP contribution in [0.5, 0.6) is 0 Å². The third-order valence-electron chi connectivity index (χ3n) is 5.08. The summed E-state index contributed by atoms with van der Waals surface area (Å²) in [7, 11) is 3.98. The summed E-state index contributed by atoms with van der Waals surface area (Å²) in [6, 6.07) is 12.1. The van der Waals surface area contributed by atoms with E-state index in [0.717, 1.165) is 28.6 Å². The molecule has 3 rings (SSSR count). The SMILES string of the molecule is Cc1ccc(C)c2[nH]c(=O)c(CN(CCN(C)C)C(=S)Nc3ccc(F)cc3)cc12. The molecule has 2 N–H and O–H groups in total. The van der Waals surface area contributed by atoms with Gasteiger partial charge in [0.25, 0.3) is 5.56 Å². The van der Waals surface area contributed by atoms with Gasteiger partial charge in [-0.2, -0.15) is 0 Å². The Labute approximate surface area is 181 Å². The molecular formula is C23H27FN4OS. The number of rotatable bonds is 6. The summed E-state index contributed by atoms with van der Waals surface area (Å²) >= 11 is 5.62. The number of benzene rings is 2. The molecule has 1 aromatic heterocycles. The maximum absolute atomic E-state index is 13.2. The van der Waals surface area contributed by atoms with Gasteiger partial charge in [0.2, 0.25) is 0 Å². The Hall–Kier alpha value is -2.77. The normalized spacial score (nSPS) is 11.1. The molecule has 0 saturated heterocycles. The lowest BCUT2D eigenvalue weighted by Gasteiger charge is -2.27. The molecular weight excluding hydrogens is 399 g/mol. The van der Waals surface area contributed by atoms with Crippen LogP contribution in [0.4, 0.5) is 10.1 Å². The fourth-order valence-corrected chi connectivity index (χ4v) is 3.52. The van der Waals surface area contributed by atoms with E-state index in [4.69, 9.17) is 12.2 Å². The summed E-state index contributed by atoms with van der Waals surface area (Å²) in [5.74, 6) is -0.302. The number of anilines is 1. The topological polar surface area (TPSA) is 51.4 Å². The fourth-order valence-electron chi connectivity index (χ4n) is 3.25. The van der Waals surface area contributed by atoms with Crippen molar-refractivity contribution in [2.75, 3.05) is 32.5 Å². The van der Waals surface area contributed by atoms with E-state index >= 15 is 0 Å². The van der Waals surface area contributed by atoms with Crippen LogP contribution in [0.3, 0.4) is 0 Å². The van der Waals surface area contributed by atoms with Gasteiger partial charge in [0.15, 0.2) is 5.11 Å². The highest BCUT2D eigenvalue weighted by atomic mass is 32.1. The first-order valence-corrected chi connectivity index (χ1v) is 10.2. The average Bonchev–Trinajstić information content (AvgIpc) is 2.70. The molecule has 0 unspecified atom stereocenters. The largest absolute Gasteiger partial charge is 0.343 e. The Morgan fingerprint density at radius 2 is 1.73 bits per heavy atom. The standard InChI is InChI=1S/C23H27FN4OS/c1-15-5-6-16(2)21-20(15)13-17(22(29)26-21)14-28(12-11-27(3)4)23(30)25-19-9-7-18(24)8-10-19/h5-10,13H,11-12,14H2,1-4H3,(H,25,30)(H,26,29). The second kappa shape index (κ2) is 9.36. The Kier molecular flexibility index (Phi) is 6.84. The number of fused-ring (bicyclic) bond motifs is 1. The summed E-state index contributed by atoms with van der Waals surface area (Å²) in [5, 5.41) is 4.68. The van der Waals surface area contributed by atoms with Crippen molar-refractivity contribution in [3.05, 3.63) is 75.3 Å². The van der Waals surface area contributed by atoms with Crippen LogP contribution >= 0.6 is 12.2 Å². The number of hydrogen-bond donors (Lipinski definition) is 2. The summed E-state index contributed by atoms with van der Waals surface area (Å²) in [5.41, 5.74) is 4.26. The van der Waals surface area contributed by atoms with Gasteiger partial charge in [-0.15, -0.1) is 0 Å². The maximum Gasteiger partial charge on any atom is 0.253 e. The van der Waals surface area contributed by atoms with Gasteiger partial charge in [-0.05, 0) is 81.6 Å². The summed E-state index contributed by atoms with van der Waals surface area (Å²) in [6.07, 6.45) is 0. The fraction of sp³-hybridized carbons (Fsp3) is 0.304. The second-order valence-electron chi connectivity index (χ2n) is 7.77. The minimum atomic E-state index is -0.302. The number of pyridine rings is 1. The van der Waals surface area contributed by atoms with Gasteiger partial charge in [0.1, 0.15) is 5.82 Å². The Bertz CT molecular complexity index is 1110. The monoisotopic (exact) mass is 426 g/mol. The van der Waals surface area contributed by atoms with Crippen molar-refractivity contribution >= 4 is 33.9 Å². The van der Waals surface area contributed by atoms with Crippen LogP contribution in [0.2, 0.25) is 0 Å². The van der Waals surface area contributed by atoms with Crippen LogP contribution in [0.25, 0.3) is 10.9 Å². The maximum atomic E-state index is 13.2. The van der Waals surface area contributed by atoms with Crippen molar-refractivity contribution in [2.24, 2.45) is 0 Å². The highest BCUT2D eigenvalue weighted by Gasteiger charge is 2.15. The molecule has 0 aliphatic carbocycles. The van der Waals surface area contributed by atoms with Crippen LogP contribution in [0.15, 0.2) is 47.3 Å². The van der Waals surface area contributed by atoms with Crippen LogP contribution < -0.4 is 10.9 Å². The molecule has 7 heteroatoms. The van der Waals surface area contributed by atoms with Crippen molar-refractivity contribution in [1.82, 2.24) is 14.8 Å². The van der Waals surface area contributed by atoms with E-state index in [2.05, 4.69) is 21.3 Å². The van der Waals surface area contributed by atoms with Gasteiger partial charge in [0.05, 0.1) is 12.1 Å². The van der Waals surface area contributed by atoms with Crippen LogP contribution in [-0.4, -0.2) is 47.1 Å². The first-order valence-electron chi connectivity index (χ1n) is 9.83. The zero-order valence-electron chi connectivity index (χ0n) is 17.8. The predicted octanol–water partition coefficient (Wildman–Crippen LogP) is 4.04. The molecule has 5 nitrogen and oxygen atoms in total. The van der Waals surface area contributed by atoms with Crippen molar-refractivity contribution < 1.29 is 4.39 Å².